The van der Waals surface area contributed by atoms with E-state index < -0.39 is 34.5 Å². The number of nitrogens with one attached hydrogen (secondary N) is 2. The number of carbonyl (C=O) groups is 2. The molecule has 5 atom stereocenters. The highest BCUT2D eigenvalue weighted by Crippen LogP contribution is 2.25. The number of aliphatic hydroxyl groups is 1. The lowest BCUT2D eigenvalue weighted by Gasteiger charge is -2.21. The quantitative estimate of drug-likeness (QED) is 0.425. The molecule has 0 bridgehead atoms. The fraction of sp³-hybridized carbons (Fsp3) is 0.333. The minimum Gasteiger partial charge on any atom is -0.486 e. The summed E-state index contributed by atoms with van der Waals surface area (Å²) < 4.78 is 21.7. The molecular formula is C27H33N3O5S. The van der Waals surface area contributed by atoms with Crippen molar-refractivity contribution in [3.63, 3.8) is 0 Å². The third kappa shape index (κ3) is 6.61. The largest absolute Gasteiger partial charge is 0.486 e. The molecule has 3 rings (SSSR count). The van der Waals surface area contributed by atoms with Crippen molar-refractivity contribution in [2.45, 2.75) is 44.3 Å². The summed E-state index contributed by atoms with van der Waals surface area (Å²) in [7, 11) is -1.66. The van der Waals surface area contributed by atoms with Crippen molar-refractivity contribution in [3.05, 3.63) is 84.5 Å². The molecule has 1 fully saturated rings. The minimum atomic E-state index is -1.66. The summed E-state index contributed by atoms with van der Waals surface area (Å²) in [6.07, 6.45) is 1.23. The highest BCUT2D eigenvalue weighted by atomic mass is 32.2. The van der Waals surface area contributed by atoms with Crippen LogP contribution < -0.4 is 14.8 Å². The zero-order valence-electron chi connectivity index (χ0n) is 20.8. The molecule has 9 heteroatoms. The van der Waals surface area contributed by atoms with Crippen LogP contribution in [0.25, 0.3) is 0 Å². The second-order valence-electron chi connectivity index (χ2n) is 8.85. The smallest absolute Gasteiger partial charge is 0.254 e. The van der Waals surface area contributed by atoms with E-state index >= 15 is 0 Å². The Balaban J connectivity index is 1.76. The molecule has 8 nitrogen and oxygen atoms in total. The fourth-order valence-electron chi connectivity index (χ4n) is 4.07. The van der Waals surface area contributed by atoms with E-state index in [9.17, 15) is 18.9 Å². The zero-order chi connectivity index (χ0) is 26.4. The SMILES string of the molecule is C=CC(O)C(C=C)S(=O)Nc1cccc(OC2CN(C(=O)c3cc(C)ccc3C)CC2NC(C)=O)c1. The van der Waals surface area contributed by atoms with Crippen LogP contribution in [0.15, 0.2) is 67.8 Å². The average Bonchev–Trinajstić information content (AvgIpc) is 3.22. The van der Waals surface area contributed by atoms with Crippen molar-refractivity contribution in [1.82, 2.24) is 10.2 Å². The second kappa shape index (κ2) is 12.0. The number of nitrogens with zero attached hydrogens (tertiary/aromatic N) is 1. The number of anilines is 1. The Labute approximate surface area is 214 Å². The number of likely N-dealkylation sites (tertiary alicyclic amines) is 1. The second-order valence-corrected chi connectivity index (χ2v) is 10.2. The Hall–Kier alpha value is -3.43. The maximum absolute atomic E-state index is 13.3. The summed E-state index contributed by atoms with van der Waals surface area (Å²) in [6.45, 7) is 13.0. The summed E-state index contributed by atoms with van der Waals surface area (Å²) in [5.74, 6) is 0.161. The normalized spacial score (nSPS) is 19.6. The van der Waals surface area contributed by atoms with Crippen LogP contribution in [0.2, 0.25) is 0 Å². The maximum Gasteiger partial charge on any atom is 0.254 e. The molecule has 36 heavy (non-hydrogen) atoms. The molecule has 1 aliphatic rings. The van der Waals surface area contributed by atoms with E-state index in [1.807, 2.05) is 32.0 Å². The van der Waals surface area contributed by atoms with E-state index in [-0.39, 0.29) is 11.8 Å². The first-order valence-corrected chi connectivity index (χ1v) is 12.8. The Morgan fingerprint density at radius 1 is 1.17 bits per heavy atom. The van der Waals surface area contributed by atoms with Crippen molar-refractivity contribution in [3.8, 4) is 5.75 Å². The van der Waals surface area contributed by atoms with E-state index in [0.717, 1.165) is 11.1 Å². The van der Waals surface area contributed by atoms with Crippen LogP contribution in [0.1, 0.15) is 28.4 Å². The molecule has 0 spiro atoms. The molecule has 2 aromatic carbocycles. The topological polar surface area (TPSA) is 108 Å². The summed E-state index contributed by atoms with van der Waals surface area (Å²) in [5, 5.41) is 12.1. The van der Waals surface area contributed by atoms with Crippen molar-refractivity contribution < 1.29 is 23.6 Å². The number of aryl methyl sites for hydroxylation is 2. The summed E-state index contributed by atoms with van der Waals surface area (Å²) in [4.78, 5) is 26.8. The Kier molecular flexibility index (Phi) is 9.06. The van der Waals surface area contributed by atoms with Gasteiger partial charge in [-0.15, -0.1) is 13.2 Å². The van der Waals surface area contributed by atoms with E-state index in [0.29, 0.717) is 30.1 Å². The number of hydrogen-bond donors (Lipinski definition) is 3. The molecule has 2 amide bonds. The van der Waals surface area contributed by atoms with Gasteiger partial charge in [0.25, 0.3) is 5.91 Å². The van der Waals surface area contributed by atoms with Crippen LogP contribution in [-0.4, -0.2) is 62.6 Å². The van der Waals surface area contributed by atoms with Crippen LogP contribution in [0.3, 0.4) is 0 Å². The lowest BCUT2D eigenvalue weighted by molar-refractivity contribution is -0.120. The van der Waals surface area contributed by atoms with Gasteiger partial charge in [-0.3, -0.25) is 9.59 Å². The lowest BCUT2D eigenvalue weighted by atomic mass is 10.0. The first-order chi connectivity index (χ1) is 17.1. The van der Waals surface area contributed by atoms with Gasteiger partial charge in [-0.1, -0.05) is 35.9 Å². The molecule has 0 saturated carbocycles. The van der Waals surface area contributed by atoms with Crippen molar-refractivity contribution in [2.24, 2.45) is 0 Å². The monoisotopic (exact) mass is 511 g/mol. The maximum atomic E-state index is 13.3. The van der Waals surface area contributed by atoms with Gasteiger partial charge in [0, 0.05) is 30.8 Å². The Morgan fingerprint density at radius 3 is 2.58 bits per heavy atom. The molecule has 0 aliphatic carbocycles. The summed E-state index contributed by atoms with van der Waals surface area (Å²) in [5.41, 5.74) is 3.03. The fourth-order valence-corrected chi connectivity index (χ4v) is 5.11. The number of aliphatic hydroxyl groups excluding tert-OH is 1. The first kappa shape index (κ1) is 27.2. The van der Waals surface area contributed by atoms with Crippen LogP contribution in [0.5, 0.6) is 5.75 Å². The van der Waals surface area contributed by atoms with Crippen LogP contribution in [0.4, 0.5) is 5.69 Å². The van der Waals surface area contributed by atoms with Crippen LogP contribution >= 0.6 is 0 Å². The first-order valence-electron chi connectivity index (χ1n) is 11.6. The number of rotatable bonds is 10. The predicted octanol–water partition coefficient (Wildman–Crippen LogP) is 2.89. The van der Waals surface area contributed by atoms with Gasteiger partial charge in [0.05, 0.1) is 18.7 Å². The molecule has 192 valence electrons. The van der Waals surface area contributed by atoms with Gasteiger partial charge in [-0.25, -0.2) is 4.21 Å². The highest BCUT2D eigenvalue weighted by molar-refractivity contribution is 7.87. The third-order valence-corrected chi connectivity index (χ3v) is 7.37. The number of ether oxygens (including phenoxy) is 1. The summed E-state index contributed by atoms with van der Waals surface area (Å²) >= 11 is 0. The number of amides is 2. The molecule has 1 aliphatic heterocycles. The Morgan fingerprint density at radius 2 is 1.92 bits per heavy atom. The van der Waals surface area contributed by atoms with Gasteiger partial charge in [-0.05, 0) is 37.6 Å². The Bertz CT molecular complexity index is 1170. The van der Waals surface area contributed by atoms with Gasteiger partial charge in [0.15, 0.2) is 0 Å². The van der Waals surface area contributed by atoms with Gasteiger partial charge in [0.2, 0.25) is 5.91 Å². The molecule has 5 unspecified atom stereocenters. The van der Waals surface area contributed by atoms with Gasteiger partial charge in [-0.2, -0.15) is 0 Å². The molecule has 0 aromatic heterocycles. The van der Waals surface area contributed by atoms with Crippen molar-refractivity contribution >= 4 is 28.5 Å². The number of hydrogen-bond acceptors (Lipinski definition) is 5. The molecule has 1 saturated heterocycles. The summed E-state index contributed by atoms with van der Waals surface area (Å²) in [6, 6.07) is 12.3. The molecular weight excluding hydrogens is 478 g/mol. The molecule has 0 radical (unpaired) electrons. The standard InChI is InChI=1S/C27H33N3O5S/c1-6-24(32)26(7-2)36(34)29-20-9-8-10-21(14-20)35-25-16-30(15-23(25)28-19(5)31)27(33)22-13-17(3)11-12-18(22)4/h6-14,23-26,29,32H,1-2,15-16H2,3-5H3,(H,28,31). The minimum absolute atomic E-state index is 0.111. The number of benzene rings is 2. The predicted molar refractivity (Wildman–Crippen MR) is 142 cm³/mol. The van der Waals surface area contributed by atoms with E-state index in [1.165, 1.54) is 19.1 Å². The van der Waals surface area contributed by atoms with Crippen molar-refractivity contribution in [2.75, 3.05) is 17.8 Å². The van der Waals surface area contributed by atoms with Crippen molar-refractivity contribution in [1.29, 1.82) is 0 Å². The van der Waals surface area contributed by atoms with Gasteiger partial charge < -0.3 is 24.8 Å². The van der Waals surface area contributed by atoms with E-state index in [1.54, 1.807) is 29.2 Å². The highest BCUT2D eigenvalue weighted by Gasteiger charge is 2.38. The molecule has 3 N–H and O–H groups in total. The van der Waals surface area contributed by atoms with Gasteiger partial charge in [0.1, 0.15) is 28.1 Å². The molecule has 1 heterocycles. The van der Waals surface area contributed by atoms with E-state index in [4.69, 9.17) is 4.74 Å². The van der Waals surface area contributed by atoms with Gasteiger partial charge >= 0.3 is 0 Å². The van der Waals surface area contributed by atoms with Crippen LogP contribution in [0, 0.1) is 13.8 Å². The third-order valence-electron chi connectivity index (χ3n) is 5.96. The van der Waals surface area contributed by atoms with Crippen LogP contribution in [-0.2, 0) is 15.8 Å². The lowest BCUT2D eigenvalue weighted by Crippen LogP contribution is -2.44. The van der Waals surface area contributed by atoms with E-state index in [2.05, 4.69) is 23.2 Å². The number of carbonyl (C=O) groups excluding carboxylic acids is 2. The average molecular weight is 512 g/mol. The molecule has 2 aromatic rings. The zero-order valence-corrected chi connectivity index (χ0v) is 21.6.